The molecule has 1 unspecified atom stereocenters. The van der Waals surface area contributed by atoms with Crippen LogP contribution in [0, 0.1) is 0 Å². The zero-order valence-corrected chi connectivity index (χ0v) is 15.1. The van der Waals surface area contributed by atoms with Crippen LogP contribution >= 0.6 is 11.3 Å². The van der Waals surface area contributed by atoms with E-state index in [4.69, 9.17) is 5.21 Å². The van der Waals surface area contributed by atoms with Crippen molar-refractivity contribution < 1.29 is 14.8 Å². The summed E-state index contributed by atoms with van der Waals surface area (Å²) in [5.41, 5.74) is 2.99. The molecule has 4 rings (SSSR count). The summed E-state index contributed by atoms with van der Waals surface area (Å²) in [6, 6.07) is 11.6. The molecule has 3 heterocycles. The number of amides is 2. The maximum absolute atomic E-state index is 13.2. The van der Waals surface area contributed by atoms with Crippen molar-refractivity contribution in [3.63, 3.8) is 0 Å². The van der Waals surface area contributed by atoms with Crippen LogP contribution in [0.2, 0.25) is 0 Å². The summed E-state index contributed by atoms with van der Waals surface area (Å²) in [6.45, 7) is 3.25. The van der Waals surface area contributed by atoms with Gasteiger partial charge in [-0.15, -0.1) is 11.3 Å². The number of rotatable bonds is 3. The zero-order valence-electron chi connectivity index (χ0n) is 14.3. The van der Waals surface area contributed by atoms with Crippen LogP contribution in [0.15, 0.2) is 42.6 Å². The predicted octanol–water partition coefficient (Wildman–Crippen LogP) is 3.43. The lowest BCUT2D eigenvalue weighted by molar-refractivity contribution is 0.0622. The lowest BCUT2D eigenvalue weighted by Crippen LogP contribution is -2.41. The number of aromatic nitrogens is 1. The average molecular weight is 369 g/mol. The smallest absolute Gasteiger partial charge is 0.276 e. The molecule has 2 N–H and O–H groups in total. The molecule has 0 fully saturated rings. The number of thiophene rings is 1. The molecule has 26 heavy (non-hydrogen) atoms. The standard InChI is InChI=1S/C19H19N3O3S/c1-2-14-15-9-13(18(23)20-25)11-21(15)7-8-22(14)19(24)17-10-12-5-3-4-6-16(12)26-17/h3-6,9-11,14,25H,2,7-8H2,1H3,(H,20,23). The predicted molar refractivity (Wildman–Crippen MR) is 99.6 cm³/mol. The van der Waals surface area contributed by atoms with Crippen LogP contribution in [0.4, 0.5) is 0 Å². The second-order valence-corrected chi connectivity index (χ2v) is 7.44. The number of hydrogen-bond acceptors (Lipinski definition) is 4. The average Bonchev–Trinajstić information content (AvgIpc) is 3.29. The number of hydroxylamine groups is 1. The largest absolute Gasteiger partial charge is 0.347 e. The number of fused-ring (bicyclic) bond motifs is 2. The molecule has 134 valence electrons. The van der Waals surface area contributed by atoms with Crippen molar-refractivity contribution in [2.45, 2.75) is 25.9 Å². The van der Waals surface area contributed by atoms with Gasteiger partial charge in [0.1, 0.15) is 0 Å². The molecule has 0 bridgehead atoms. The maximum atomic E-state index is 13.2. The molecular formula is C19H19N3O3S. The van der Waals surface area contributed by atoms with Gasteiger partial charge in [0, 0.05) is 29.7 Å². The van der Waals surface area contributed by atoms with Gasteiger partial charge in [-0.1, -0.05) is 25.1 Å². The quantitative estimate of drug-likeness (QED) is 0.549. The van der Waals surface area contributed by atoms with Crippen molar-refractivity contribution in [2.24, 2.45) is 0 Å². The van der Waals surface area contributed by atoms with Gasteiger partial charge >= 0.3 is 0 Å². The number of hydrogen-bond donors (Lipinski definition) is 2. The third kappa shape index (κ3) is 2.69. The molecule has 1 aromatic carbocycles. The van der Waals surface area contributed by atoms with Crippen LogP contribution in [0.3, 0.4) is 0 Å². The highest BCUT2D eigenvalue weighted by molar-refractivity contribution is 7.20. The molecule has 0 saturated carbocycles. The first-order chi connectivity index (χ1) is 12.6. The molecule has 7 heteroatoms. The molecule has 2 aromatic heterocycles. The summed E-state index contributed by atoms with van der Waals surface area (Å²) in [5.74, 6) is -0.511. The lowest BCUT2D eigenvalue weighted by Gasteiger charge is -2.36. The van der Waals surface area contributed by atoms with Gasteiger partial charge in [-0.25, -0.2) is 5.48 Å². The van der Waals surface area contributed by atoms with E-state index in [1.165, 1.54) is 11.3 Å². The molecule has 0 aliphatic carbocycles. The minimum Gasteiger partial charge on any atom is -0.347 e. The number of benzene rings is 1. The Morgan fingerprint density at radius 3 is 2.81 bits per heavy atom. The molecule has 1 aliphatic heterocycles. The molecule has 0 radical (unpaired) electrons. The zero-order chi connectivity index (χ0) is 18.3. The van der Waals surface area contributed by atoms with E-state index in [0.29, 0.717) is 18.7 Å². The van der Waals surface area contributed by atoms with Crippen LogP contribution < -0.4 is 5.48 Å². The third-order valence-corrected chi connectivity index (χ3v) is 5.98. The van der Waals surface area contributed by atoms with Crippen LogP contribution in [0.1, 0.15) is 45.1 Å². The monoisotopic (exact) mass is 369 g/mol. The molecule has 0 spiro atoms. The van der Waals surface area contributed by atoms with Crippen molar-refractivity contribution in [1.82, 2.24) is 14.9 Å². The Bertz CT molecular complexity index is 958. The van der Waals surface area contributed by atoms with E-state index in [2.05, 4.69) is 0 Å². The Morgan fingerprint density at radius 1 is 1.27 bits per heavy atom. The Kier molecular flexibility index (Phi) is 4.26. The minimum absolute atomic E-state index is 0.0265. The summed E-state index contributed by atoms with van der Waals surface area (Å²) >= 11 is 1.51. The van der Waals surface area contributed by atoms with E-state index in [-0.39, 0.29) is 11.9 Å². The van der Waals surface area contributed by atoms with Gasteiger partial charge in [-0.2, -0.15) is 0 Å². The van der Waals surface area contributed by atoms with E-state index in [0.717, 1.165) is 27.1 Å². The fourth-order valence-corrected chi connectivity index (χ4v) is 4.64. The third-order valence-electron chi connectivity index (χ3n) is 4.88. The Morgan fingerprint density at radius 2 is 2.08 bits per heavy atom. The molecule has 0 saturated heterocycles. The highest BCUT2D eigenvalue weighted by Gasteiger charge is 2.32. The maximum Gasteiger partial charge on any atom is 0.276 e. The van der Waals surface area contributed by atoms with Crippen molar-refractivity contribution in [3.8, 4) is 0 Å². The second kappa shape index (κ2) is 6.59. The van der Waals surface area contributed by atoms with Gasteiger partial charge in [0.25, 0.3) is 11.8 Å². The fraction of sp³-hybridized carbons (Fsp3) is 0.263. The molecule has 2 amide bonds. The summed E-state index contributed by atoms with van der Waals surface area (Å²) in [6.07, 6.45) is 2.48. The molecule has 6 nitrogen and oxygen atoms in total. The summed E-state index contributed by atoms with van der Waals surface area (Å²) < 4.78 is 3.10. The van der Waals surface area contributed by atoms with Crippen LogP contribution in [-0.2, 0) is 6.54 Å². The van der Waals surface area contributed by atoms with E-state index in [1.54, 1.807) is 17.7 Å². The number of nitrogens with one attached hydrogen (secondary N) is 1. The van der Waals surface area contributed by atoms with E-state index < -0.39 is 5.91 Å². The van der Waals surface area contributed by atoms with E-state index in [1.807, 2.05) is 46.7 Å². The number of carbonyl (C=O) groups excluding carboxylic acids is 2. The highest BCUT2D eigenvalue weighted by atomic mass is 32.1. The van der Waals surface area contributed by atoms with Crippen molar-refractivity contribution in [2.75, 3.05) is 6.54 Å². The summed E-state index contributed by atoms with van der Waals surface area (Å²) in [5, 5.41) is 9.94. The van der Waals surface area contributed by atoms with Gasteiger partial charge in [0.05, 0.1) is 16.5 Å². The fourth-order valence-electron chi connectivity index (χ4n) is 3.62. The Labute approximate surface area is 154 Å². The SMILES string of the molecule is CCC1c2cc(C(=O)NO)cn2CCN1C(=O)c1cc2ccccc2s1. The summed E-state index contributed by atoms with van der Waals surface area (Å²) in [7, 11) is 0. The number of nitrogens with zero attached hydrogens (tertiary/aromatic N) is 2. The normalized spacial score (nSPS) is 16.5. The van der Waals surface area contributed by atoms with Crippen LogP contribution in [-0.4, -0.2) is 33.0 Å². The molecule has 3 aromatic rings. The first-order valence-corrected chi connectivity index (χ1v) is 9.38. The van der Waals surface area contributed by atoms with Gasteiger partial charge in [0.2, 0.25) is 0 Å². The van der Waals surface area contributed by atoms with Gasteiger partial charge in [-0.05, 0) is 30.0 Å². The minimum atomic E-state index is -0.538. The topological polar surface area (TPSA) is 74.6 Å². The number of carbonyl (C=O) groups is 2. The summed E-state index contributed by atoms with van der Waals surface area (Å²) in [4.78, 5) is 27.5. The van der Waals surface area contributed by atoms with Crippen molar-refractivity contribution in [1.29, 1.82) is 0 Å². The van der Waals surface area contributed by atoms with Crippen LogP contribution in [0.25, 0.3) is 10.1 Å². The molecule has 1 aliphatic rings. The molecule has 1 atom stereocenters. The Balaban J connectivity index is 1.67. The van der Waals surface area contributed by atoms with Crippen molar-refractivity contribution in [3.05, 3.63) is 58.7 Å². The van der Waals surface area contributed by atoms with Crippen molar-refractivity contribution >= 4 is 33.2 Å². The van der Waals surface area contributed by atoms with E-state index >= 15 is 0 Å². The highest BCUT2D eigenvalue weighted by Crippen LogP contribution is 2.34. The van der Waals surface area contributed by atoms with Gasteiger partial charge in [-0.3, -0.25) is 14.8 Å². The van der Waals surface area contributed by atoms with Gasteiger partial charge in [0.15, 0.2) is 0 Å². The first-order valence-electron chi connectivity index (χ1n) is 8.56. The Hall–Kier alpha value is -2.64. The lowest BCUT2D eigenvalue weighted by atomic mass is 10.1. The first kappa shape index (κ1) is 16.8. The second-order valence-electron chi connectivity index (χ2n) is 6.36. The van der Waals surface area contributed by atoms with Crippen LogP contribution in [0.5, 0.6) is 0 Å². The molecular weight excluding hydrogens is 350 g/mol. The van der Waals surface area contributed by atoms with E-state index in [9.17, 15) is 9.59 Å². The van der Waals surface area contributed by atoms with Gasteiger partial charge < -0.3 is 9.47 Å².